The molecular weight excluding hydrogens is 269 g/mol. The van der Waals surface area contributed by atoms with Crippen LogP contribution in [0.4, 0.5) is 0 Å². The highest BCUT2D eigenvalue weighted by Gasteiger charge is 2.02. The van der Waals surface area contributed by atoms with Crippen molar-refractivity contribution in [2.75, 3.05) is 0 Å². The summed E-state index contributed by atoms with van der Waals surface area (Å²) >= 11 is 0. The van der Waals surface area contributed by atoms with E-state index >= 15 is 0 Å². The maximum Gasteiger partial charge on any atom is 0.0662 e. The maximum absolute atomic E-state index is 5.62. The highest BCUT2D eigenvalue weighted by atomic mass is 35.5. The van der Waals surface area contributed by atoms with E-state index in [2.05, 4.69) is 30.2 Å². The molecule has 18 heavy (non-hydrogen) atoms. The van der Waals surface area contributed by atoms with Crippen LogP contribution in [0.3, 0.4) is 0 Å². The van der Waals surface area contributed by atoms with Crippen molar-refractivity contribution in [1.82, 2.24) is 9.78 Å². The average molecular weight is 288 g/mol. The summed E-state index contributed by atoms with van der Waals surface area (Å²) in [7, 11) is 0. The van der Waals surface area contributed by atoms with Gasteiger partial charge in [0, 0.05) is 12.2 Å². The van der Waals surface area contributed by atoms with Crippen molar-refractivity contribution in [3.05, 3.63) is 52.8 Å². The Hall–Kier alpha value is -1.03. The van der Waals surface area contributed by atoms with Crippen molar-refractivity contribution in [2.45, 2.75) is 26.9 Å². The van der Waals surface area contributed by atoms with Crippen LogP contribution < -0.4 is 5.73 Å². The summed E-state index contributed by atoms with van der Waals surface area (Å²) in [6, 6.07) is 10.4. The van der Waals surface area contributed by atoms with Gasteiger partial charge in [-0.2, -0.15) is 5.10 Å². The molecule has 2 N–H and O–H groups in total. The lowest BCUT2D eigenvalue weighted by molar-refractivity contribution is 0.658. The van der Waals surface area contributed by atoms with Gasteiger partial charge in [-0.05, 0) is 31.0 Å². The van der Waals surface area contributed by atoms with Crippen molar-refractivity contribution in [3.8, 4) is 0 Å². The molecule has 0 fully saturated rings. The highest BCUT2D eigenvalue weighted by molar-refractivity contribution is 5.85. The normalized spacial score (nSPS) is 9.50. The quantitative estimate of drug-likeness (QED) is 0.943. The van der Waals surface area contributed by atoms with Gasteiger partial charge in [-0.15, -0.1) is 24.8 Å². The number of rotatable bonds is 3. The molecule has 0 radical (unpaired) electrons. The van der Waals surface area contributed by atoms with E-state index in [1.54, 1.807) is 0 Å². The van der Waals surface area contributed by atoms with Gasteiger partial charge in [0.1, 0.15) is 0 Å². The Kier molecular flexibility index (Phi) is 6.99. The van der Waals surface area contributed by atoms with Gasteiger partial charge >= 0.3 is 0 Å². The Morgan fingerprint density at radius 3 is 2.33 bits per heavy atom. The molecule has 0 aliphatic heterocycles. The third kappa shape index (κ3) is 4.02. The highest BCUT2D eigenvalue weighted by Crippen LogP contribution is 2.09. The molecule has 0 unspecified atom stereocenters. The fourth-order valence-electron chi connectivity index (χ4n) is 1.86. The molecule has 100 valence electrons. The van der Waals surface area contributed by atoms with Crippen molar-refractivity contribution >= 4 is 24.8 Å². The number of hydrogen-bond donors (Lipinski definition) is 1. The number of nitrogens with zero attached hydrogens (tertiary/aromatic N) is 2. The molecule has 1 aromatic carbocycles. The SMILES string of the molecule is Cc1cc(C)n(Cc2cccc(CN)c2)n1.Cl.Cl. The summed E-state index contributed by atoms with van der Waals surface area (Å²) < 4.78 is 2.02. The fraction of sp³-hybridized carbons (Fsp3) is 0.308. The van der Waals surface area contributed by atoms with E-state index in [9.17, 15) is 0 Å². The van der Waals surface area contributed by atoms with Crippen LogP contribution in [0, 0.1) is 13.8 Å². The van der Waals surface area contributed by atoms with Crippen LogP contribution in [-0.2, 0) is 13.1 Å². The van der Waals surface area contributed by atoms with Crippen LogP contribution in [0.5, 0.6) is 0 Å². The first-order valence-corrected chi connectivity index (χ1v) is 5.48. The van der Waals surface area contributed by atoms with E-state index < -0.39 is 0 Å². The van der Waals surface area contributed by atoms with Crippen LogP contribution in [0.25, 0.3) is 0 Å². The van der Waals surface area contributed by atoms with Gasteiger partial charge in [-0.3, -0.25) is 4.68 Å². The zero-order chi connectivity index (χ0) is 11.5. The number of nitrogens with two attached hydrogens (primary N) is 1. The molecule has 0 aliphatic carbocycles. The van der Waals surface area contributed by atoms with Gasteiger partial charge in [-0.25, -0.2) is 0 Å². The smallest absolute Gasteiger partial charge is 0.0662 e. The lowest BCUT2D eigenvalue weighted by atomic mass is 10.1. The molecule has 0 aliphatic rings. The molecular formula is C13H19Cl2N3. The number of hydrogen-bond acceptors (Lipinski definition) is 2. The first kappa shape index (κ1) is 17.0. The van der Waals surface area contributed by atoms with Gasteiger partial charge in [0.15, 0.2) is 0 Å². The van der Waals surface area contributed by atoms with Gasteiger partial charge in [-0.1, -0.05) is 24.3 Å². The number of benzene rings is 1. The Morgan fingerprint density at radius 1 is 1.11 bits per heavy atom. The Bertz CT molecular complexity index is 495. The molecule has 0 amide bonds. The van der Waals surface area contributed by atoms with Gasteiger partial charge in [0.25, 0.3) is 0 Å². The van der Waals surface area contributed by atoms with E-state index in [0.29, 0.717) is 6.54 Å². The average Bonchev–Trinajstić information content (AvgIpc) is 2.58. The minimum atomic E-state index is 0. The molecule has 0 saturated heterocycles. The molecule has 5 heteroatoms. The maximum atomic E-state index is 5.62. The zero-order valence-electron chi connectivity index (χ0n) is 10.6. The van der Waals surface area contributed by atoms with Crippen molar-refractivity contribution in [1.29, 1.82) is 0 Å². The molecule has 3 nitrogen and oxygen atoms in total. The molecule has 0 saturated carbocycles. The molecule has 0 bridgehead atoms. The van der Waals surface area contributed by atoms with Crippen molar-refractivity contribution < 1.29 is 0 Å². The Labute approximate surface area is 120 Å². The lowest BCUT2D eigenvalue weighted by Crippen LogP contribution is -2.05. The lowest BCUT2D eigenvalue weighted by Gasteiger charge is -2.06. The third-order valence-electron chi connectivity index (χ3n) is 2.66. The summed E-state index contributed by atoms with van der Waals surface area (Å²) in [5.41, 5.74) is 10.3. The first-order chi connectivity index (χ1) is 7.69. The summed E-state index contributed by atoms with van der Waals surface area (Å²) in [4.78, 5) is 0. The van der Waals surface area contributed by atoms with Gasteiger partial charge in [0.05, 0.1) is 12.2 Å². The number of aryl methyl sites for hydroxylation is 2. The van der Waals surface area contributed by atoms with E-state index in [1.165, 1.54) is 16.8 Å². The molecule has 1 aromatic heterocycles. The van der Waals surface area contributed by atoms with Crippen LogP contribution in [0.1, 0.15) is 22.5 Å². The topological polar surface area (TPSA) is 43.8 Å². The summed E-state index contributed by atoms with van der Waals surface area (Å²) in [5, 5.41) is 4.45. The molecule has 2 aromatic rings. The molecule has 2 rings (SSSR count). The second-order valence-corrected chi connectivity index (χ2v) is 4.11. The minimum Gasteiger partial charge on any atom is -0.326 e. The molecule has 1 heterocycles. The number of halogens is 2. The Balaban J connectivity index is 0.00000144. The first-order valence-electron chi connectivity index (χ1n) is 5.48. The van der Waals surface area contributed by atoms with Crippen LogP contribution in [0.15, 0.2) is 30.3 Å². The largest absolute Gasteiger partial charge is 0.326 e. The van der Waals surface area contributed by atoms with Crippen molar-refractivity contribution in [3.63, 3.8) is 0 Å². The Morgan fingerprint density at radius 2 is 1.78 bits per heavy atom. The van der Waals surface area contributed by atoms with E-state index in [0.717, 1.165) is 12.2 Å². The predicted octanol–water partition coefficient (Wildman–Crippen LogP) is 2.85. The van der Waals surface area contributed by atoms with Crippen molar-refractivity contribution in [2.24, 2.45) is 5.73 Å². The summed E-state index contributed by atoms with van der Waals surface area (Å²) in [6.07, 6.45) is 0. The second-order valence-electron chi connectivity index (χ2n) is 4.11. The fourth-order valence-corrected chi connectivity index (χ4v) is 1.86. The van der Waals surface area contributed by atoms with E-state index in [1.807, 2.05) is 23.7 Å². The van der Waals surface area contributed by atoms with Crippen LogP contribution in [0.2, 0.25) is 0 Å². The summed E-state index contributed by atoms with van der Waals surface area (Å²) in [6.45, 7) is 5.49. The van der Waals surface area contributed by atoms with Gasteiger partial charge < -0.3 is 5.73 Å². The zero-order valence-corrected chi connectivity index (χ0v) is 12.2. The second kappa shape index (κ2) is 7.41. The molecule has 0 atom stereocenters. The van der Waals surface area contributed by atoms with E-state index in [4.69, 9.17) is 5.73 Å². The number of aromatic nitrogens is 2. The monoisotopic (exact) mass is 287 g/mol. The van der Waals surface area contributed by atoms with Gasteiger partial charge in [0.2, 0.25) is 0 Å². The van der Waals surface area contributed by atoms with E-state index in [-0.39, 0.29) is 24.8 Å². The molecule has 0 spiro atoms. The predicted molar refractivity (Wildman–Crippen MR) is 79.6 cm³/mol. The minimum absolute atomic E-state index is 0. The van der Waals surface area contributed by atoms with Crippen LogP contribution in [-0.4, -0.2) is 9.78 Å². The summed E-state index contributed by atoms with van der Waals surface area (Å²) in [5.74, 6) is 0. The third-order valence-corrected chi connectivity index (χ3v) is 2.66. The van der Waals surface area contributed by atoms with Crippen LogP contribution >= 0.6 is 24.8 Å². The standard InChI is InChI=1S/C13H17N3.2ClH/c1-10-6-11(2)16(15-10)9-13-5-3-4-12(7-13)8-14;;/h3-7H,8-9,14H2,1-2H3;2*1H.